The highest BCUT2D eigenvalue weighted by atomic mass is 32.1. The van der Waals surface area contributed by atoms with Gasteiger partial charge in [-0.3, -0.25) is 9.30 Å². The van der Waals surface area contributed by atoms with Gasteiger partial charge >= 0.3 is 0 Å². The number of hydrogen-bond acceptors (Lipinski definition) is 7. The van der Waals surface area contributed by atoms with Crippen LogP contribution in [0.5, 0.6) is 0 Å². The van der Waals surface area contributed by atoms with Gasteiger partial charge in [0.15, 0.2) is 10.8 Å². The van der Waals surface area contributed by atoms with Crippen LogP contribution in [-0.2, 0) is 13.1 Å². The van der Waals surface area contributed by atoms with E-state index in [0.29, 0.717) is 11.9 Å². The molecule has 1 saturated heterocycles. The Kier molecular flexibility index (Phi) is 4.34. The summed E-state index contributed by atoms with van der Waals surface area (Å²) in [6.07, 6.45) is 4.49. The first kappa shape index (κ1) is 15.7. The summed E-state index contributed by atoms with van der Waals surface area (Å²) in [5, 5.41) is 9.79. The summed E-state index contributed by atoms with van der Waals surface area (Å²) in [6, 6.07) is 0.482. The normalized spacial score (nSPS) is 19.3. The molecule has 0 amide bonds. The number of piperidine rings is 1. The molecule has 1 fully saturated rings. The van der Waals surface area contributed by atoms with Crippen LogP contribution in [0.15, 0.2) is 16.1 Å². The number of hydrogen-bond donors (Lipinski definition) is 1. The Hall–Kier alpha value is -1.77. The van der Waals surface area contributed by atoms with Crippen LogP contribution < -0.4 is 5.32 Å². The molecule has 7 nitrogen and oxygen atoms in total. The fourth-order valence-corrected chi connectivity index (χ4v) is 4.14. The molecule has 24 heavy (non-hydrogen) atoms. The minimum absolute atomic E-state index is 0.482. The van der Waals surface area contributed by atoms with Gasteiger partial charge in [-0.15, -0.1) is 11.3 Å². The summed E-state index contributed by atoms with van der Waals surface area (Å²) in [7, 11) is 0. The van der Waals surface area contributed by atoms with Crippen LogP contribution in [0.4, 0.5) is 0 Å². The van der Waals surface area contributed by atoms with Crippen LogP contribution in [0.25, 0.3) is 4.96 Å². The summed E-state index contributed by atoms with van der Waals surface area (Å²) in [5.41, 5.74) is 2.38. The Morgan fingerprint density at radius 1 is 1.38 bits per heavy atom. The molecule has 0 radical (unpaired) electrons. The first-order valence-corrected chi connectivity index (χ1v) is 9.23. The Morgan fingerprint density at radius 3 is 3.12 bits per heavy atom. The van der Waals surface area contributed by atoms with Crippen LogP contribution in [0.1, 0.15) is 35.9 Å². The third-order valence-corrected chi connectivity index (χ3v) is 5.32. The highest BCUT2D eigenvalue weighted by Gasteiger charge is 2.21. The van der Waals surface area contributed by atoms with Crippen molar-refractivity contribution in [1.29, 1.82) is 0 Å². The van der Waals surface area contributed by atoms with Crippen molar-refractivity contribution in [3.8, 4) is 0 Å². The van der Waals surface area contributed by atoms with E-state index in [4.69, 9.17) is 4.52 Å². The Labute approximate surface area is 144 Å². The smallest absolute Gasteiger partial charge is 0.223 e. The van der Waals surface area contributed by atoms with E-state index in [2.05, 4.69) is 48.2 Å². The third kappa shape index (κ3) is 3.22. The second-order valence-corrected chi connectivity index (χ2v) is 7.26. The highest BCUT2D eigenvalue weighted by Crippen LogP contribution is 2.18. The summed E-state index contributed by atoms with van der Waals surface area (Å²) in [6.45, 7) is 7.63. The fraction of sp³-hybridized carbons (Fsp3) is 0.562. The predicted octanol–water partition coefficient (Wildman–Crippen LogP) is 2.15. The maximum absolute atomic E-state index is 5.06. The van der Waals surface area contributed by atoms with Crippen LogP contribution in [0.3, 0.4) is 0 Å². The molecule has 1 N–H and O–H groups in total. The number of aromatic nitrogens is 4. The number of thiazole rings is 1. The molecule has 8 heteroatoms. The zero-order chi connectivity index (χ0) is 16.5. The lowest BCUT2D eigenvalue weighted by Gasteiger charge is -2.32. The molecule has 0 unspecified atom stereocenters. The summed E-state index contributed by atoms with van der Waals surface area (Å²) in [4.78, 5) is 12.4. The lowest BCUT2D eigenvalue weighted by molar-refractivity contribution is 0.177. The first-order valence-electron chi connectivity index (χ1n) is 8.35. The van der Waals surface area contributed by atoms with Gasteiger partial charge in [-0.05, 0) is 26.3 Å². The SMILES string of the molecule is Cc1nc(CN2CCC[C@@H](NCc3c(C)nc4sccn34)C2)no1. The molecule has 3 aromatic heterocycles. The van der Waals surface area contributed by atoms with Gasteiger partial charge in [-0.2, -0.15) is 4.98 Å². The Morgan fingerprint density at radius 2 is 2.29 bits per heavy atom. The molecule has 1 atom stereocenters. The van der Waals surface area contributed by atoms with Crippen LogP contribution in [0, 0.1) is 13.8 Å². The summed E-state index contributed by atoms with van der Waals surface area (Å²) in [5.74, 6) is 1.41. The van der Waals surface area contributed by atoms with E-state index < -0.39 is 0 Å². The minimum Gasteiger partial charge on any atom is -0.340 e. The van der Waals surface area contributed by atoms with Crippen molar-refractivity contribution in [1.82, 2.24) is 29.7 Å². The molecular weight excluding hydrogens is 324 g/mol. The largest absolute Gasteiger partial charge is 0.340 e. The average molecular weight is 346 g/mol. The van der Waals surface area contributed by atoms with Gasteiger partial charge in [0.05, 0.1) is 17.9 Å². The number of rotatable bonds is 5. The maximum Gasteiger partial charge on any atom is 0.223 e. The van der Waals surface area contributed by atoms with Crippen LogP contribution in [-0.4, -0.2) is 43.6 Å². The second-order valence-electron chi connectivity index (χ2n) is 6.38. The van der Waals surface area contributed by atoms with Gasteiger partial charge in [0.25, 0.3) is 0 Å². The standard InChI is InChI=1S/C16H22N6OS/c1-11-14(22-6-7-24-16(22)18-11)8-17-13-4-3-5-21(9-13)10-15-19-12(2)23-20-15/h6-7,13,17H,3-5,8-10H2,1-2H3/t13-/m1/s1. The lowest BCUT2D eigenvalue weighted by atomic mass is 10.1. The molecule has 128 valence electrons. The maximum atomic E-state index is 5.06. The molecule has 4 heterocycles. The third-order valence-electron chi connectivity index (χ3n) is 4.56. The van der Waals surface area contributed by atoms with Crippen molar-refractivity contribution in [2.75, 3.05) is 13.1 Å². The number of nitrogens with zero attached hydrogens (tertiary/aromatic N) is 5. The second kappa shape index (κ2) is 6.62. The Bertz CT molecular complexity index is 822. The van der Waals surface area contributed by atoms with E-state index in [1.165, 1.54) is 18.5 Å². The van der Waals surface area contributed by atoms with Crippen molar-refractivity contribution in [3.05, 3.63) is 34.7 Å². The quantitative estimate of drug-likeness (QED) is 0.763. The van der Waals surface area contributed by atoms with Gasteiger partial charge in [-0.1, -0.05) is 5.16 Å². The molecule has 1 aliphatic heterocycles. The lowest BCUT2D eigenvalue weighted by Crippen LogP contribution is -2.45. The number of aryl methyl sites for hydroxylation is 2. The number of nitrogens with one attached hydrogen (secondary N) is 1. The van der Waals surface area contributed by atoms with Crippen molar-refractivity contribution in [2.45, 2.75) is 45.8 Å². The van der Waals surface area contributed by atoms with Crippen LogP contribution >= 0.6 is 11.3 Å². The van der Waals surface area contributed by atoms with E-state index in [1.807, 2.05) is 6.92 Å². The zero-order valence-corrected chi connectivity index (χ0v) is 14.8. The first-order chi connectivity index (χ1) is 11.7. The Balaban J connectivity index is 1.36. The molecule has 4 rings (SSSR count). The van der Waals surface area contributed by atoms with E-state index in [9.17, 15) is 0 Å². The fourth-order valence-electron chi connectivity index (χ4n) is 3.37. The van der Waals surface area contributed by atoms with E-state index >= 15 is 0 Å². The molecular formula is C16H22N6OS. The van der Waals surface area contributed by atoms with E-state index in [1.54, 1.807) is 11.3 Å². The zero-order valence-electron chi connectivity index (χ0n) is 14.0. The summed E-state index contributed by atoms with van der Waals surface area (Å²) < 4.78 is 7.25. The monoisotopic (exact) mass is 346 g/mol. The predicted molar refractivity (Wildman–Crippen MR) is 92.0 cm³/mol. The van der Waals surface area contributed by atoms with Crippen molar-refractivity contribution in [3.63, 3.8) is 0 Å². The van der Waals surface area contributed by atoms with Gasteiger partial charge in [0.2, 0.25) is 5.89 Å². The molecule has 0 saturated carbocycles. The molecule has 3 aromatic rings. The highest BCUT2D eigenvalue weighted by molar-refractivity contribution is 7.15. The van der Waals surface area contributed by atoms with Gasteiger partial charge < -0.3 is 9.84 Å². The molecule has 0 aromatic carbocycles. The van der Waals surface area contributed by atoms with Crippen molar-refractivity contribution >= 4 is 16.3 Å². The van der Waals surface area contributed by atoms with E-state index in [0.717, 1.165) is 42.7 Å². The minimum atomic E-state index is 0.482. The van der Waals surface area contributed by atoms with Crippen LogP contribution in [0.2, 0.25) is 0 Å². The molecule has 0 spiro atoms. The molecule has 0 aliphatic carbocycles. The van der Waals surface area contributed by atoms with Gasteiger partial charge in [0, 0.05) is 37.6 Å². The molecule has 1 aliphatic rings. The summed E-state index contributed by atoms with van der Waals surface area (Å²) >= 11 is 1.68. The van der Waals surface area contributed by atoms with Gasteiger partial charge in [0.1, 0.15) is 0 Å². The number of imidazole rings is 1. The van der Waals surface area contributed by atoms with E-state index in [-0.39, 0.29) is 0 Å². The topological polar surface area (TPSA) is 71.5 Å². The van der Waals surface area contributed by atoms with Crippen molar-refractivity contribution < 1.29 is 4.52 Å². The number of likely N-dealkylation sites (tertiary alicyclic amines) is 1. The molecule has 0 bridgehead atoms. The van der Waals surface area contributed by atoms with Gasteiger partial charge in [-0.25, -0.2) is 4.98 Å². The average Bonchev–Trinajstić information content (AvgIpc) is 3.23. The van der Waals surface area contributed by atoms with Crippen molar-refractivity contribution in [2.24, 2.45) is 0 Å². The number of fused-ring (bicyclic) bond motifs is 1.